The second kappa shape index (κ2) is 4.01. The number of hydrogen-bond donors (Lipinski definition) is 1. The fourth-order valence-corrected chi connectivity index (χ4v) is 1.09. The quantitative estimate of drug-likeness (QED) is 0.751. The lowest BCUT2D eigenvalue weighted by Crippen LogP contribution is -2.14. The van der Waals surface area contributed by atoms with E-state index in [2.05, 4.69) is 5.32 Å². The molecule has 1 rings (SSSR count). The summed E-state index contributed by atoms with van der Waals surface area (Å²) in [4.78, 5) is 0. The molecule has 0 aromatic heterocycles. The molecule has 0 aliphatic carbocycles. The highest BCUT2D eigenvalue weighted by Gasteiger charge is 2.08. The van der Waals surface area contributed by atoms with Crippen LogP contribution in [0.15, 0.2) is 18.2 Å². The van der Waals surface area contributed by atoms with Crippen molar-refractivity contribution in [2.24, 2.45) is 0 Å². The number of benzene rings is 1. The molecular weight excluding hydrogens is 167 g/mol. The van der Waals surface area contributed by atoms with Crippen LogP contribution < -0.4 is 5.32 Å². The Labute approximate surface area is 77.0 Å². The van der Waals surface area contributed by atoms with Gasteiger partial charge in [-0.1, -0.05) is 12.1 Å². The smallest absolute Gasteiger partial charge is 0.126 e. The zero-order valence-corrected chi connectivity index (χ0v) is 7.63. The Balaban J connectivity index is 3.04. The zero-order valence-electron chi connectivity index (χ0n) is 7.63. The maximum absolute atomic E-state index is 13.1. The van der Waals surface area contributed by atoms with Gasteiger partial charge in [-0.3, -0.25) is 0 Å². The van der Waals surface area contributed by atoms with Gasteiger partial charge >= 0.3 is 0 Å². The Kier molecular flexibility index (Phi) is 2.99. The van der Waals surface area contributed by atoms with Crippen LogP contribution in [-0.4, -0.2) is 7.05 Å². The van der Waals surface area contributed by atoms with E-state index in [0.717, 1.165) is 0 Å². The van der Waals surface area contributed by atoms with Crippen LogP contribution in [0.2, 0.25) is 0 Å². The van der Waals surface area contributed by atoms with E-state index in [4.69, 9.17) is 5.26 Å². The molecule has 0 heterocycles. The first kappa shape index (κ1) is 9.69. The van der Waals surface area contributed by atoms with Gasteiger partial charge in [0.25, 0.3) is 0 Å². The van der Waals surface area contributed by atoms with Crippen molar-refractivity contribution in [1.82, 2.24) is 5.32 Å². The Morgan fingerprint density at radius 1 is 1.54 bits per heavy atom. The molecule has 1 aromatic carbocycles. The predicted octanol–water partition coefficient (Wildman–Crippen LogP) is 1.92. The van der Waals surface area contributed by atoms with Crippen molar-refractivity contribution in [3.63, 3.8) is 0 Å². The van der Waals surface area contributed by atoms with Gasteiger partial charge in [-0.25, -0.2) is 4.39 Å². The van der Waals surface area contributed by atoms with Gasteiger partial charge in [0.15, 0.2) is 0 Å². The van der Waals surface area contributed by atoms with Crippen LogP contribution in [0.1, 0.15) is 17.2 Å². The molecular formula is C10H11FN2. The summed E-state index contributed by atoms with van der Waals surface area (Å²) >= 11 is 0. The molecule has 0 bridgehead atoms. The highest BCUT2D eigenvalue weighted by molar-refractivity contribution is 5.28. The summed E-state index contributed by atoms with van der Waals surface area (Å²) in [6, 6.07) is 6.42. The van der Waals surface area contributed by atoms with Crippen molar-refractivity contribution in [2.45, 2.75) is 13.0 Å². The molecule has 68 valence electrons. The van der Waals surface area contributed by atoms with Gasteiger partial charge < -0.3 is 5.32 Å². The maximum Gasteiger partial charge on any atom is 0.126 e. The standard InChI is InChI=1S/C10H11FN2/c1-7-3-4-8(5-9(7)11)10(6-12)13-2/h3-5,10,13H,1-2H3. The first-order chi connectivity index (χ1) is 6.19. The number of nitriles is 1. The molecule has 0 aliphatic rings. The molecule has 2 nitrogen and oxygen atoms in total. The summed E-state index contributed by atoms with van der Waals surface area (Å²) in [6.07, 6.45) is 0. The van der Waals surface area contributed by atoms with Gasteiger partial charge in [0.2, 0.25) is 0 Å². The average Bonchev–Trinajstić information content (AvgIpc) is 2.13. The number of rotatable bonds is 2. The minimum atomic E-state index is -0.435. The molecule has 1 N–H and O–H groups in total. The van der Waals surface area contributed by atoms with E-state index in [-0.39, 0.29) is 5.82 Å². The first-order valence-corrected chi connectivity index (χ1v) is 4.02. The van der Waals surface area contributed by atoms with E-state index >= 15 is 0 Å². The molecule has 0 radical (unpaired) electrons. The predicted molar refractivity (Wildman–Crippen MR) is 48.6 cm³/mol. The highest BCUT2D eigenvalue weighted by Crippen LogP contribution is 2.15. The second-order valence-corrected chi connectivity index (χ2v) is 2.86. The topological polar surface area (TPSA) is 35.8 Å². The van der Waals surface area contributed by atoms with Gasteiger partial charge in [0, 0.05) is 0 Å². The Morgan fingerprint density at radius 2 is 2.23 bits per heavy atom. The molecule has 1 unspecified atom stereocenters. The lowest BCUT2D eigenvalue weighted by molar-refractivity contribution is 0.611. The molecule has 1 aromatic rings. The molecule has 0 aliphatic heterocycles. The Bertz CT molecular complexity index is 341. The lowest BCUT2D eigenvalue weighted by atomic mass is 10.1. The van der Waals surface area contributed by atoms with Crippen LogP contribution in [-0.2, 0) is 0 Å². The van der Waals surface area contributed by atoms with Crippen LogP contribution in [0.25, 0.3) is 0 Å². The molecule has 13 heavy (non-hydrogen) atoms. The van der Waals surface area contributed by atoms with Gasteiger partial charge in [-0.15, -0.1) is 0 Å². The first-order valence-electron chi connectivity index (χ1n) is 4.02. The number of hydrogen-bond acceptors (Lipinski definition) is 2. The molecule has 0 fully saturated rings. The van der Waals surface area contributed by atoms with Crippen molar-refractivity contribution in [3.05, 3.63) is 35.1 Å². The summed E-state index contributed by atoms with van der Waals surface area (Å²) in [5.41, 5.74) is 1.25. The van der Waals surface area contributed by atoms with Crippen molar-refractivity contribution in [1.29, 1.82) is 5.26 Å². The van der Waals surface area contributed by atoms with Crippen molar-refractivity contribution >= 4 is 0 Å². The highest BCUT2D eigenvalue weighted by atomic mass is 19.1. The molecule has 3 heteroatoms. The number of halogens is 1. The molecule has 0 saturated heterocycles. The summed E-state index contributed by atoms with van der Waals surface area (Å²) in [6.45, 7) is 1.69. The normalized spacial score (nSPS) is 12.2. The lowest BCUT2D eigenvalue weighted by Gasteiger charge is -2.08. The summed E-state index contributed by atoms with van der Waals surface area (Å²) in [5, 5.41) is 11.5. The molecule has 1 atom stereocenters. The van der Waals surface area contributed by atoms with E-state index in [1.165, 1.54) is 6.07 Å². The molecule has 0 spiro atoms. The van der Waals surface area contributed by atoms with Crippen molar-refractivity contribution in [2.75, 3.05) is 7.05 Å². The van der Waals surface area contributed by atoms with Gasteiger partial charge in [0.05, 0.1) is 6.07 Å². The Hall–Kier alpha value is -1.40. The van der Waals surface area contributed by atoms with Gasteiger partial charge in [-0.05, 0) is 31.2 Å². The fourth-order valence-electron chi connectivity index (χ4n) is 1.09. The molecule has 0 amide bonds. The van der Waals surface area contributed by atoms with Crippen LogP contribution >= 0.6 is 0 Å². The monoisotopic (exact) mass is 178 g/mol. The van der Waals surface area contributed by atoms with Crippen LogP contribution in [0.5, 0.6) is 0 Å². The summed E-state index contributed by atoms with van der Waals surface area (Å²) in [5.74, 6) is -0.270. The number of nitrogens with one attached hydrogen (secondary N) is 1. The third-order valence-corrected chi connectivity index (χ3v) is 1.95. The number of aryl methyl sites for hydroxylation is 1. The SMILES string of the molecule is CNC(C#N)c1ccc(C)c(F)c1. The minimum absolute atomic E-state index is 0.270. The van der Waals surface area contributed by atoms with Crippen molar-refractivity contribution < 1.29 is 4.39 Å². The number of nitrogens with zero attached hydrogens (tertiary/aromatic N) is 1. The third-order valence-electron chi connectivity index (χ3n) is 1.95. The van der Waals surface area contributed by atoms with E-state index in [1.807, 2.05) is 6.07 Å². The largest absolute Gasteiger partial charge is 0.301 e. The summed E-state index contributed by atoms with van der Waals surface area (Å²) < 4.78 is 13.1. The zero-order chi connectivity index (χ0) is 9.84. The summed E-state index contributed by atoms with van der Waals surface area (Å²) in [7, 11) is 1.67. The van der Waals surface area contributed by atoms with Crippen LogP contribution in [0.3, 0.4) is 0 Å². The maximum atomic E-state index is 13.1. The van der Waals surface area contributed by atoms with Crippen molar-refractivity contribution in [3.8, 4) is 6.07 Å². The van der Waals surface area contributed by atoms with Crippen LogP contribution in [0, 0.1) is 24.1 Å². The van der Waals surface area contributed by atoms with E-state index in [9.17, 15) is 4.39 Å². The fraction of sp³-hybridized carbons (Fsp3) is 0.300. The molecule has 0 saturated carbocycles. The van der Waals surface area contributed by atoms with E-state index in [0.29, 0.717) is 11.1 Å². The van der Waals surface area contributed by atoms with Crippen LogP contribution in [0.4, 0.5) is 4.39 Å². The van der Waals surface area contributed by atoms with Gasteiger partial charge in [-0.2, -0.15) is 5.26 Å². The minimum Gasteiger partial charge on any atom is -0.301 e. The van der Waals surface area contributed by atoms with E-state index in [1.54, 1.807) is 26.1 Å². The average molecular weight is 178 g/mol. The van der Waals surface area contributed by atoms with Gasteiger partial charge in [0.1, 0.15) is 11.9 Å². The Morgan fingerprint density at radius 3 is 2.69 bits per heavy atom. The third kappa shape index (κ3) is 2.04. The second-order valence-electron chi connectivity index (χ2n) is 2.86. The van der Waals surface area contributed by atoms with E-state index < -0.39 is 6.04 Å².